The van der Waals surface area contributed by atoms with E-state index in [0.717, 1.165) is 37.2 Å². The zero-order valence-electron chi connectivity index (χ0n) is 47.2. The first-order valence-electron chi connectivity index (χ1n) is 29.9. The molecule has 4 saturated carbocycles. The molecular formula is C63H100N2O9. The third-order valence-corrected chi connectivity index (χ3v) is 17.3. The van der Waals surface area contributed by atoms with Crippen LogP contribution in [-0.2, 0) is 25.4 Å². The number of piperidine rings is 1. The number of aromatic amines is 1. The van der Waals surface area contributed by atoms with E-state index in [1.807, 2.05) is 12.1 Å². The Balaban J connectivity index is 0.000000237. The van der Waals surface area contributed by atoms with Gasteiger partial charge < -0.3 is 38.1 Å². The highest BCUT2D eigenvalue weighted by atomic mass is 16.6. The number of rotatable bonds is 8. The molecule has 0 spiro atoms. The second kappa shape index (κ2) is 33.3. The molecule has 11 nitrogen and oxygen atoms in total. The average molecular weight is 1030 g/mol. The maximum absolute atomic E-state index is 13.5. The number of benzene rings is 2. The number of carbonyl (C=O) groups is 2. The van der Waals surface area contributed by atoms with Crippen molar-refractivity contribution in [2.24, 2.45) is 17.8 Å². The monoisotopic (exact) mass is 1030 g/mol. The molecule has 6 aliphatic rings. The van der Waals surface area contributed by atoms with Gasteiger partial charge in [-0.05, 0) is 60.9 Å². The Morgan fingerprint density at radius 3 is 1.41 bits per heavy atom. The minimum absolute atomic E-state index is 0.0170. The van der Waals surface area contributed by atoms with Crippen molar-refractivity contribution in [3.63, 3.8) is 0 Å². The Bertz CT molecular complexity index is 1900. The number of hydrogen-bond acceptors (Lipinski definition) is 10. The molecule has 2 aliphatic heterocycles. The van der Waals surface area contributed by atoms with Crippen molar-refractivity contribution in [1.29, 1.82) is 0 Å². The van der Waals surface area contributed by atoms with Crippen molar-refractivity contribution in [3.05, 3.63) is 47.2 Å². The van der Waals surface area contributed by atoms with E-state index < -0.39 is 24.1 Å². The number of fused-ring (bicyclic) bond motifs is 6. The molecule has 416 valence electrons. The van der Waals surface area contributed by atoms with Gasteiger partial charge in [0.2, 0.25) is 5.75 Å². The minimum Gasteiger partial charge on any atom is -0.497 e. The Kier molecular flexibility index (Phi) is 26.6. The van der Waals surface area contributed by atoms with Gasteiger partial charge in [-0.2, -0.15) is 0 Å². The van der Waals surface area contributed by atoms with Gasteiger partial charge in [0.25, 0.3) is 0 Å². The topological polar surface area (TPSA) is 118 Å². The molecule has 0 amide bonds. The fourth-order valence-corrected chi connectivity index (χ4v) is 13.1. The van der Waals surface area contributed by atoms with Crippen LogP contribution in [-0.4, -0.2) is 89.8 Å². The first kappa shape index (κ1) is 59.3. The molecule has 11 heteroatoms. The van der Waals surface area contributed by atoms with Gasteiger partial charge in [-0.3, -0.25) is 9.69 Å². The fourth-order valence-electron chi connectivity index (χ4n) is 13.1. The predicted octanol–water partition coefficient (Wildman–Crippen LogP) is 15.9. The fraction of sp³-hybridized carbons (Fsp3) is 0.746. The lowest BCUT2D eigenvalue weighted by Crippen LogP contribution is -2.58. The van der Waals surface area contributed by atoms with Gasteiger partial charge in [-0.15, -0.1) is 0 Å². The maximum atomic E-state index is 13.5. The van der Waals surface area contributed by atoms with Crippen molar-refractivity contribution in [1.82, 2.24) is 9.88 Å². The molecule has 74 heavy (non-hydrogen) atoms. The Morgan fingerprint density at radius 1 is 0.554 bits per heavy atom. The number of carbonyl (C=O) groups excluding carboxylic acids is 2. The summed E-state index contributed by atoms with van der Waals surface area (Å²) in [6.45, 7) is 1.68. The summed E-state index contributed by atoms with van der Waals surface area (Å²) in [5, 5.41) is 1.21. The van der Waals surface area contributed by atoms with E-state index in [1.165, 1.54) is 238 Å². The number of nitrogens with zero attached hydrogens (tertiary/aromatic N) is 1. The number of esters is 2. The molecule has 3 heterocycles. The van der Waals surface area contributed by atoms with Crippen LogP contribution in [0, 0.1) is 17.8 Å². The summed E-state index contributed by atoms with van der Waals surface area (Å²) in [5.74, 6) is 0.441. The van der Waals surface area contributed by atoms with Crippen LogP contribution in [0.4, 0.5) is 0 Å². The molecule has 1 N–H and O–H groups in total. The van der Waals surface area contributed by atoms with E-state index in [2.05, 4.69) is 16.0 Å². The zero-order valence-corrected chi connectivity index (χ0v) is 47.2. The van der Waals surface area contributed by atoms with Gasteiger partial charge in [0, 0.05) is 42.9 Å². The average Bonchev–Trinajstić information content (AvgIpc) is 3.83. The smallest absolute Gasteiger partial charge is 0.338 e. The summed E-state index contributed by atoms with van der Waals surface area (Å²) in [4.78, 5) is 33.1. The molecule has 0 unspecified atom stereocenters. The Hall–Kier alpha value is -3.96. The van der Waals surface area contributed by atoms with Crippen molar-refractivity contribution in [2.75, 3.05) is 55.7 Å². The summed E-state index contributed by atoms with van der Waals surface area (Å²) in [6.07, 6.45) is 45.9. The summed E-state index contributed by atoms with van der Waals surface area (Å²) in [5.41, 5.74) is 3.83. The highest BCUT2D eigenvalue weighted by Crippen LogP contribution is 2.51. The molecule has 5 fully saturated rings. The summed E-state index contributed by atoms with van der Waals surface area (Å²) < 4.78 is 39.1. The van der Waals surface area contributed by atoms with Gasteiger partial charge in [-0.25, -0.2) is 4.79 Å². The van der Waals surface area contributed by atoms with Gasteiger partial charge in [-0.1, -0.05) is 193 Å². The highest BCUT2D eigenvalue weighted by Gasteiger charge is 2.54. The molecule has 4 aliphatic carbocycles. The van der Waals surface area contributed by atoms with Gasteiger partial charge in [0.1, 0.15) is 18.0 Å². The lowest BCUT2D eigenvalue weighted by atomic mass is 9.63. The molecule has 6 atom stereocenters. The summed E-state index contributed by atoms with van der Waals surface area (Å²) in [6, 6.07) is 9.40. The SMILES string of the molecule is C1CCCCCCCCC1.C1CCCCCCCCC1.C1CCCCCCCCC1.COC(=O)[C@H]1[C@H]2C[C@@H]3c4[nH]c5cc(OC)ccc5c4CCN3C[C@H]2C[C@@H](OC(=O)c2cc(OC)c(OC)c(OC)c2)[C@@H]1OC. The number of hydrogen-bond donors (Lipinski definition) is 1. The van der Waals surface area contributed by atoms with Crippen LogP contribution in [0.2, 0.25) is 0 Å². The van der Waals surface area contributed by atoms with E-state index in [-0.39, 0.29) is 29.4 Å². The highest BCUT2D eigenvalue weighted by molar-refractivity contribution is 5.91. The summed E-state index contributed by atoms with van der Waals surface area (Å²) in [7, 11) is 9.10. The zero-order chi connectivity index (χ0) is 52.3. The second-order valence-electron chi connectivity index (χ2n) is 22.3. The van der Waals surface area contributed by atoms with E-state index in [0.29, 0.717) is 23.7 Å². The van der Waals surface area contributed by atoms with Crippen molar-refractivity contribution in [3.8, 4) is 23.0 Å². The van der Waals surface area contributed by atoms with E-state index in [4.69, 9.17) is 33.2 Å². The van der Waals surface area contributed by atoms with E-state index >= 15 is 0 Å². The third-order valence-electron chi connectivity index (χ3n) is 17.3. The van der Waals surface area contributed by atoms with Gasteiger partial charge >= 0.3 is 11.9 Å². The lowest BCUT2D eigenvalue weighted by Gasteiger charge is -2.52. The summed E-state index contributed by atoms with van der Waals surface area (Å²) >= 11 is 0. The Morgan fingerprint density at radius 2 is 1.01 bits per heavy atom. The number of methoxy groups -OCH3 is 6. The maximum Gasteiger partial charge on any atom is 0.338 e. The van der Waals surface area contributed by atoms with Crippen molar-refractivity contribution < 1.29 is 42.7 Å². The number of nitrogens with one attached hydrogen (secondary N) is 1. The Labute approximate surface area is 447 Å². The minimum atomic E-state index is -0.670. The van der Waals surface area contributed by atoms with Crippen LogP contribution in [0.1, 0.15) is 233 Å². The van der Waals surface area contributed by atoms with Crippen LogP contribution in [0.5, 0.6) is 23.0 Å². The van der Waals surface area contributed by atoms with Crippen LogP contribution in [0.25, 0.3) is 10.9 Å². The van der Waals surface area contributed by atoms with Gasteiger partial charge in [0.15, 0.2) is 11.5 Å². The molecule has 1 aromatic heterocycles. The van der Waals surface area contributed by atoms with Crippen molar-refractivity contribution >= 4 is 22.8 Å². The quantitative estimate of drug-likeness (QED) is 0.219. The molecule has 0 radical (unpaired) electrons. The predicted molar refractivity (Wildman–Crippen MR) is 299 cm³/mol. The second-order valence-corrected chi connectivity index (χ2v) is 22.3. The van der Waals surface area contributed by atoms with Gasteiger partial charge in [0.05, 0.1) is 53.1 Å². The number of ether oxygens (including phenoxy) is 7. The number of H-pyrrole nitrogens is 1. The first-order chi connectivity index (χ1) is 36.3. The van der Waals surface area contributed by atoms with Crippen LogP contribution < -0.4 is 18.9 Å². The van der Waals surface area contributed by atoms with Crippen LogP contribution in [0.3, 0.4) is 0 Å². The number of aromatic nitrogens is 1. The van der Waals surface area contributed by atoms with Crippen LogP contribution >= 0.6 is 0 Å². The normalized spacial score (nSPS) is 25.3. The largest absolute Gasteiger partial charge is 0.497 e. The van der Waals surface area contributed by atoms with Crippen molar-refractivity contribution in [2.45, 2.75) is 230 Å². The third kappa shape index (κ3) is 17.5. The molecular weight excluding hydrogens is 929 g/mol. The molecule has 9 rings (SSSR count). The molecule has 0 bridgehead atoms. The lowest BCUT2D eigenvalue weighted by molar-refractivity contribution is -0.176. The standard InChI is InChI=1S/C33H40N2O9.3C10H20/c1-38-19-7-8-20-21-9-10-35-16-18-13-27(44-32(36)17-11-25(39-2)30(41-4)26(12-17)40-3)31(42-5)28(33(37)43-6)22(18)15-24(35)29(21)34-23(20)14-19;3*1-2-4-6-8-10-9-7-5-3-1/h7-8,11-12,14,18,22,24,27-28,31,34H,9-10,13,15-16H2,1-6H3;3*1-10H2/t18-,22+,24-,27-,28+,31+;;;/m1.../s1. The molecule has 1 saturated heterocycles. The molecule has 3 aromatic rings. The van der Waals surface area contributed by atoms with E-state index in [9.17, 15) is 9.59 Å². The first-order valence-corrected chi connectivity index (χ1v) is 29.9. The molecule has 2 aromatic carbocycles. The van der Waals surface area contributed by atoms with Crippen LogP contribution in [0.15, 0.2) is 30.3 Å². The van der Waals surface area contributed by atoms with E-state index in [1.54, 1.807) is 26.4 Å².